The molecule has 1 atom stereocenters. The molecule has 0 amide bonds. The average Bonchev–Trinajstić information content (AvgIpc) is 2.97. The Kier molecular flexibility index (Phi) is 4.56. The van der Waals surface area contributed by atoms with Crippen LogP contribution in [0.4, 0.5) is 5.95 Å². The Labute approximate surface area is 134 Å². The Morgan fingerprint density at radius 3 is 2.41 bits per heavy atom. The molecule has 118 valence electrons. The topological polar surface area (TPSA) is 70.3 Å². The number of hydrogen-bond acceptors (Lipinski definition) is 6. The van der Waals surface area contributed by atoms with Gasteiger partial charge in [-0.15, -0.1) is 0 Å². The van der Waals surface area contributed by atoms with E-state index in [2.05, 4.69) is 25.3 Å². The molecule has 1 saturated heterocycles. The Balaban J connectivity index is 1.67. The van der Waals surface area contributed by atoms with Crippen LogP contribution in [0.2, 0.25) is 5.02 Å². The summed E-state index contributed by atoms with van der Waals surface area (Å²) in [5.74, 6) is 0.784. The molecule has 1 aromatic heterocycles. The number of tetrazole rings is 1. The van der Waals surface area contributed by atoms with Crippen LogP contribution in [-0.2, 0) is 7.05 Å². The number of aryl methyl sites for hydroxylation is 1. The highest BCUT2D eigenvalue weighted by atomic mass is 35.5. The highest BCUT2D eigenvalue weighted by Gasteiger charge is 2.26. The van der Waals surface area contributed by atoms with Gasteiger partial charge in [0, 0.05) is 38.2 Å². The SMILES string of the molecule is Cn1nnnc1N1CCN(C(CO)c2ccc(Cl)cc2)CC1. The summed E-state index contributed by atoms with van der Waals surface area (Å²) >= 11 is 5.93. The average molecular weight is 323 g/mol. The van der Waals surface area contributed by atoms with Gasteiger partial charge in [-0.1, -0.05) is 28.8 Å². The first-order valence-electron chi connectivity index (χ1n) is 7.26. The highest BCUT2D eigenvalue weighted by Crippen LogP contribution is 2.24. The number of nitrogens with zero attached hydrogens (tertiary/aromatic N) is 6. The molecule has 8 heteroatoms. The fraction of sp³-hybridized carbons (Fsp3) is 0.500. The maximum absolute atomic E-state index is 9.77. The number of piperazine rings is 1. The number of rotatable bonds is 4. The van der Waals surface area contributed by atoms with Crippen LogP contribution in [0.15, 0.2) is 24.3 Å². The van der Waals surface area contributed by atoms with Gasteiger partial charge in [0.25, 0.3) is 0 Å². The quantitative estimate of drug-likeness (QED) is 0.894. The standard InChI is InChI=1S/C14H19ClN6O/c1-19-14(16-17-18-19)21-8-6-20(7-9-21)13(10-22)11-2-4-12(15)5-3-11/h2-5,13,22H,6-10H2,1H3. The van der Waals surface area contributed by atoms with Gasteiger partial charge in [0.1, 0.15) is 0 Å². The van der Waals surface area contributed by atoms with Crippen molar-refractivity contribution in [3.63, 3.8) is 0 Å². The van der Waals surface area contributed by atoms with Crippen LogP contribution in [0.25, 0.3) is 0 Å². The van der Waals surface area contributed by atoms with Gasteiger partial charge in [-0.25, -0.2) is 4.68 Å². The third-order valence-electron chi connectivity index (χ3n) is 4.06. The number of aromatic nitrogens is 4. The van der Waals surface area contributed by atoms with Crippen LogP contribution in [0.3, 0.4) is 0 Å². The van der Waals surface area contributed by atoms with Gasteiger partial charge < -0.3 is 10.0 Å². The molecule has 1 aromatic carbocycles. The zero-order valence-electron chi connectivity index (χ0n) is 12.4. The molecule has 0 spiro atoms. The van der Waals surface area contributed by atoms with Gasteiger partial charge in [-0.05, 0) is 28.1 Å². The van der Waals surface area contributed by atoms with Crippen LogP contribution >= 0.6 is 11.6 Å². The van der Waals surface area contributed by atoms with E-state index in [9.17, 15) is 5.11 Å². The smallest absolute Gasteiger partial charge is 0.245 e. The van der Waals surface area contributed by atoms with E-state index in [1.165, 1.54) is 0 Å². The van der Waals surface area contributed by atoms with Gasteiger partial charge in [0.15, 0.2) is 0 Å². The molecule has 0 radical (unpaired) electrons. The lowest BCUT2D eigenvalue weighted by Crippen LogP contribution is -2.49. The lowest BCUT2D eigenvalue weighted by atomic mass is 10.1. The minimum Gasteiger partial charge on any atom is -0.394 e. The zero-order valence-corrected chi connectivity index (χ0v) is 13.2. The van der Waals surface area contributed by atoms with E-state index >= 15 is 0 Å². The number of aliphatic hydroxyl groups is 1. The Hall–Kier alpha value is -1.70. The first-order valence-corrected chi connectivity index (χ1v) is 7.64. The first kappa shape index (κ1) is 15.2. The molecule has 1 N–H and O–H groups in total. The van der Waals surface area contributed by atoms with Crippen LogP contribution in [0, 0.1) is 0 Å². The lowest BCUT2D eigenvalue weighted by molar-refractivity contribution is 0.117. The van der Waals surface area contributed by atoms with Crippen molar-refractivity contribution in [1.82, 2.24) is 25.1 Å². The molecule has 1 fully saturated rings. The van der Waals surface area contributed by atoms with E-state index in [1.54, 1.807) is 4.68 Å². The van der Waals surface area contributed by atoms with Crippen molar-refractivity contribution in [1.29, 1.82) is 0 Å². The fourth-order valence-electron chi connectivity index (χ4n) is 2.84. The second-order valence-electron chi connectivity index (χ2n) is 5.38. The molecular weight excluding hydrogens is 304 g/mol. The second-order valence-corrected chi connectivity index (χ2v) is 5.81. The van der Waals surface area contributed by atoms with Crippen LogP contribution in [-0.4, -0.2) is 63.0 Å². The first-order chi connectivity index (χ1) is 10.7. The zero-order chi connectivity index (χ0) is 15.5. The molecule has 7 nitrogen and oxygen atoms in total. The van der Waals surface area contributed by atoms with E-state index < -0.39 is 0 Å². The molecule has 0 aliphatic carbocycles. The summed E-state index contributed by atoms with van der Waals surface area (Å²) in [6, 6.07) is 7.67. The molecule has 22 heavy (non-hydrogen) atoms. The summed E-state index contributed by atoms with van der Waals surface area (Å²) in [6.45, 7) is 3.45. The number of halogens is 1. The molecule has 2 aromatic rings. The predicted molar refractivity (Wildman–Crippen MR) is 83.9 cm³/mol. The molecule has 3 rings (SSSR count). The third kappa shape index (κ3) is 3.06. The predicted octanol–water partition coefficient (Wildman–Crippen LogP) is 0.719. The molecule has 0 saturated carbocycles. The second kappa shape index (κ2) is 6.60. The van der Waals surface area contributed by atoms with E-state index in [0.29, 0.717) is 5.02 Å². The fourth-order valence-corrected chi connectivity index (χ4v) is 2.97. The Morgan fingerprint density at radius 1 is 1.18 bits per heavy atom. The number of hydrogen-bond donors (Lipinski definition) is 1. The van der Waals surface area contributed by atoms with Gasteiger partial charge in [-0.3, -0.25) is 4.90 Å². The minimum atomic E-state index is -0.00274. The number of anilines is 1. The molecule has 2 heterocycles. The number of aliphatic hydroxyl groups excluding tert-OH is 1. The van der Waals surface area contributed by atoms with Gasteiger partial charge in [-0.2, -0.15) is 0 Å². The Bertz CT molecular complexity index is 608. The Morgan fingerprint density at radius 2 is 1.86 bits per heavy atom. The number of benzene rings is 1. The van der Waals surface area contributed by atoms with E-state index in [-0.39, 0.29) is 12.6 Å². The summed E-state index contributed by atoms with van der Waals surface area (Å²) in [5.41, 5.74) is 1.08. The maximum atomic E-state index is 9.77. The molecular formula is C14H19ClN6O. The van der Waals surface area contributed by atoms with Crippen molar-refractivity contribution in [2.75, 3.05) is 37.7 Å². The van der Waals surface area contributed by atoms with Crippen molar-refractivity contribution in [2.24, 2.45) is 7.05 Å². The molecule has 0 bridgehead atoms. The molecule has 1 aliphatic heterocycles. The largest absolute Gasteiger partial charge is 0.394 e. The summed E-state index contributed by atoms with van der Waals surface area (Å²) in [7, 11) is 1.84. The summed E-state index contributed by atoms with van der Waals surface area (Å²) in [6.07, 6.45) is 0. The van der Waals surface area contributed by atoms with Crippen molar-refractivity contribution >= 4 is 17.5 Å². The maximum Gasteiger partial charge on any atom is 0.245 e. The summed E-state index contributed by atoms with van der Waals surface area (Å²) < 4.78 is 1.68. The van der Waals surface area contributed by atoms with Crippen molar-refractivity contribution in [3.8, 4) is 0 Å². The van der Waals surface area contributed by atoms with E-state index in [1.807, 2.05) is 31.3 Å². The lowest BCUT2D eigenvalue weighted by Gasteiger charge is -2.38. The van der Waals surface area contributed by atoms with Crippen LogP contribution < -0.4 is 4.90 Å². The van der Waals surface area contributed by atoms with E-state index in [4.69, 9.17) is 11.6 Å². The molecule has 1 unspecified atom stereocenters. The van der Waals surface area contributed by atoms with Gasteiger partial charge in [0.2, 0.25) is 5.95 Å². The van der Waals surface area contributed by atoms with Crippen molar-refractivity contribution in [2.45, 2.75) is 6.04 Å². The normalized spacial score (nSPS) is 17.7. The van der Waals surface area contributed by atoms with Gasteiger partial charge in [0.05, 0.1) is 12.6 Å². The monoisotopic (exact) mass is 322 g/mol. The highest BCUT2D eigenvalue weighted by molar-refractivity contribution is 6.30. The van der Waals surface area contributed by atoms with E-state index in [0.717, 1.165) is 37.7 Å². The van der Waals surface area contributed by atoms with Crippen molar-refractivity contribution < 1.29 is 5.11 Å². The van der Waals surface area contributed by atoms with Crippen molar-refractivity contribution in [3.05, 3.63) is 34.9 Å². The van der Waals surface area contributed by atoms with Crippen LogP contribution in [0.5, 0.6) is 0 Å². The molecule has 1 aliphatic rings. The van der Waals surface area contributed by atoms with Crippen LogP contribution in [0.1, 0.15) is 11.6 Å². The summed E-state index contributed by atoms with van der Waals surface area (Å²) in [5, 5.41) is 22.1. The minimum absolute atomic E-state index is 0.00274. The third-order valence-corrected chi connectivity index (χ3v) is 4.32. The summed E-state index contributed by atoms with van der Waals surface area (Å²) in [4.78, 5) is 4.44. The van der Waals surface area contributed by atoms with Gasteiger partial charge >= 0.3 is 0 Å².